The summed E-state index contributed by atoms with van der Waals surface area (Å²) in [6.07, 6.45) is 4.61. The molecule has 3 N–H and O–H groups in total. The van der Waals surface area contributed by atoms with Gasteiger partial charge in [0.25, 0.3) is 5.91 Å². The number of benzene rings is 2. The van der Waals surface area contributed by atoms with Crippen molar-refractivity contribution in [3.8, 4) is 0 Å². The van der Waals surface area contributed by atoms with Crippen LogP contribution in [0.1, 0.15) is 50.8 Å². The lowest BCUT2D eigenvalue weighted by molar-refractivity contribution is -0.692. The van der Waals surface area contributed by atoms with Gasteiger partial charge in [-0.2, -0.15) is 0 Å². The molecule has 0 aliphatic carbocycles. The molecule has 0 spiro atoms. The second kappa shape index (κ2) is 10.6. The number of para-hydroxylation sites is 1. The molecule has 0 radical (unpaired) electrons. The van der Waals surface area contributed by atoms with E-state index in [9.17, 15) is 13.2 Å². The maximum absolute atomic E-state index is 12.5. The van der Waals surface area contributed by atoms with E-state index >= 15 is 0 Å². The molecule has 0 heterocycles. The number of aryl methyl sites for hydroxylation is 1. The van der Waals surface area contributed by atoms with E-state index < -0.39 is 9.84 Å². The fourth-order valence-electron chi connectivity index (χ4n) is 3.41. The summed E-state index contributed by atoms with van der Waals surface area (Å²) >= 11 is 0. The number of anilines is 1. The van der Waals surface area contributed by atoms with E-state index in [1.807, 2.05) is 5.32 Å². The molecule has 0 aromatic heterocycles. The van der Waals surface area contributed by atoms with Crippen molar-refractivity contribution in [2.45, 2.75) is 51.0 Å². The first-order valence-electron chi connectivity index (χ1n) is 10.2. The average molecular weight is 418 g/mol. The van der Waals surface area contributed by atoms with Crippen LogP contribution < -0.4 is 10.6 Å². The molecule has 29 heavy (non-hydrogen) atoms. The topological polar surface area (TPSA) is 79.8 Å². The van der Waals surface area contributed by atoms with E-state index in [1.54, 1.807) is 18.2 Å². The van der Waals surface area contributed by atoms with Crippen LogP contribution in [0.3, 0.4) is 0 Å². The molecule has 2 rings (SSSR count). The second-order valence-electron chi connectivity index (χ2n) is 7.87. The van der Waals surface area contributed by atoms with Crippen LogP contribution in [0, 0.1) is 5.92 Å². The molecule has 0 aliphatic heterocycles. The van der Waals surface area contributed by atoms with Gasteiger partial charge in [0, 0.05) is 17.7 Å². The maximum atomic E-state index is 12.5. The number of carbonyl (C=O) groups excluding carboxylic acids is 1. The van der Waals surface area contributed by atoms with Crippen molar-refractivity contribution in [3.05, 3.63) is 59.7 Å². The summed E-state index contributed by atoms with van der Waals surface area (Å²) in [7, 11) is -3.40. The predicted octanol–water partition coefficient (Wildman–Crippen LogP) is 3.33. The third-order valence-corrected chi connectivity index (χ3v) is 6.17. The first kappa shape index (κ1) is 23.1. The molecule has 158 valence electrons. The monoisotopic (exact) mass is 417 g/mol. The number of nitrogens with one attached hydrogen (secondary N) is 1. The van der Waals surface area contributed by atoms with Crippen molar-refractivity contribution in [1.82, 2.24) is 0 Å². The van der Waals surface area contributed by atoms with Gasteiger partial charge in [0.2, 0.25) is 0 Å². The van der Waals surface area contributed by atoms with E-state index in [1.165, 1.54) is 30.0 Å². The van der Waals surface area contributed by atoms with Crippen LogP contribution in [0.4, 0.5) is 5.69 Å². The average Bonchev–Trinajstić information content (AvgIpc) is 2.66. The van der Waals surface area contributed by atoms with Crippen molar-refractivity contribution >= 4 is 21.4 Å². The minimum Gasteiger partial charge on any atom is -0.332 e. The van der Waals surface area contributed by atoms with Crippen LogP contribution in [-0.2, 0) is 21.1 Å². The molecule has 1 atom stereocenters. The van der Waals surface area contributed by atoms with Gasteiger partial charge >= 0.3 is 0 Å². The summed E-state index contributed by atoms with van der Waals surface area (Å²) in [6.45, 7) is 6.70. The zero-order chi connectivity index (χ0) is 21.4. The van der Waals surface area contributed by atoms with Crippen LogP contribution in [0.5, 0.6) is 0 Å². The van der Waals surface area contributed by atoms with E-state index in [-0.39, 0.29) is 23.4 Å². The fourth-order valence-corrected chi connectivity index (χ4v) is 4.25. The van der Waals surface area contributed by atoms with Gasteiger partial charge < -0.3 is 10.6 Å². The standard InChI is InChI=1S/C23H32N2O3S/c1-5-6-9-18-12-14-19(15-13-18)23(17(2)3)24-16-22(26)25-20-10-7-8-11-21(20)29(4,27)28/h7-8,10-15,17,23-24H,5-6,9,16H2,1-4H3,(H,25,26)/p+1/t23-/m1/s1. The van der Waals surface area contributed by atoms with Gasteiger partial charge in [0.1, 0.15) is 6.04 Å². The van der Waals surface area contributed by atoms with Crippen LogP contribution >= 0.6 is 0 Å². The zero-order valence-corrected chi connectivity index (χ0v) is 18.6. The minimum atomic E-state index is -3.40. The van der Waals surface area contributed by atoms with Gasteiger partial charge in [-0.05, 0) is 30.5 Å². The predicted molar refractivity (Wildman–Crippen MR) is 118 cm³/mol. The van der Waals surface area contributed by atoms with Gasteiger partial charge in [-0.3, -0.25) is 4.79 Å². The molecule has 2 aromatic rings. The van der Waals surface area contributed by atoms with Gasteiger partial charge in [-0.1, -0.05) is 63.6 Å². The molecular formula is C23H33N2O3S+. The number of sulfone groups is 1. The second-order valence-corrected chi connectivity index (χ2v) is 9.86. The SMILES string of the molecule is CCCCc1ccc([C@H]([NH2+]CC(=O)Nc2ccccc2S(C)(=O)=O)C(C)C)cc1. The summed E-state index contributed by atoms with van der Waals surface area (Å²) < 4.78 is 23.8. The molecule has 5 nitrogen and oxygen atoms in total. The highest BCUT2D eigenvalue weighted by molar-refractivity contribution is 7.90. The summed E-state index contributed by atoms with van der Waals surface area (Å²) in [5.74, 6) is 0.138. The van der Waals surface area contributed by atoms with Crippen molar-refractivity contribution in [1.29, 1.82) is 0 Å². The Kier molecular flexibility index (Phi) is 8.41. The van der Waals surface area contributed by atoms with E-state index in [0.717, 1.165) is 12.7 Å². The molecule has 0 unspecified atom stereocenters. The Bertz CT molecular complexity index is 906. The molecule has 1 amide bonds. The Morgan fingerprint density at radius 3 is 2.31 bits per heavy atom. The lowest BCUT2D eigenvalue weighted by Crippen LogP contribution is -2.88. The number of unbranched alkanes of at least 4 members (excludes halogenated alkanes) is 1. The number of hydrogen-bond donors (Lipinski definition) is 2. The largest absolute Gasteiger partial charge is 0.332 e. The smallest absolute Gasteiger partial charge is 0.279 e. The highest BCUT2D eigenvalue weighted by Gasteiger charge is 2.21. The number of hydrogen-bond acceptors (Lipinski definition) is 3. The van der Waals surface area contributed by atoms with Gasteiger partial charge in [-0.25, -0.2) is 8.42 Å². The third kappa shape index (κ3) is 6.98. The molecule has 0 aliphatic rings. The molecule has 2 aromatic carbocycles. The molecular weight excluding hydrogens is 384 g/mol. The Labute approximate surface area is 174 Å². The quantitative estimate of drug-likeness (QED) is 0.622. The van der Waals surface area contributed by atoms with E-state index in [0.29, 0.717) is 11.6 Å². The number of amides is 1. The number of carbonyl (C=O) groups is 1. The van der Waals surface area contributed by atoms with Crippen molar-refractivity contribution in [2.75, 3.05) is 18.1 Å². The van der Waals surface area contributed by atoms with Gasteiger partial charge in [-0.15, -0.1) is 0 Å². The summed E-state index contributed by atoms with van der Waals surface area (Å²) in [5, 5.41) is 4.76. The summed E-state index contributed by atoms with van der Waals surface area (Å²) in [6, 6.07) is 15.3. The number of nitrogens with two attached hydrogens (primary N) is 1. The third-order valence-electron chi connectivity index (χ3n) is 5.02. The molecule has 0 saturated heterocycles. The van der Waals surface area contributed by atoms with Crippen molar-refractivity contribution in [3.63, 3.8) is 0 Å². The Hall–Kier alpha value is -2.18. The highest BCUT2D eigenvalue weighted by Crippen LogP contribution is 2.21. The lowest BCUT2D eigenvalue weighted by atomic mass is 9.94. The van der Waals surface area contributed by atoms with Crippen LogP contribution in [0.2, 0.25) is 0 Å². The Morgan fingerprint density at radius 2 is 1.72 bits per heavy atom. The Morgan fingerprint density at radius 1 is 1.07 bits per heavy atom. The van der Waals surface area contributed by atoms with Crippen molar-refractivity contribution < 1.29 is 18.5 Å². The number of rotatable bonds is 10. The minimum absolute atomic E-state index is 0.136. The van der Waals surface area contributed by atoms with Crippen LogP contribution in [0.25, 0.3) is 0 Å². The zero-order valence-electron chi connectivity index (χ0n) is 17.8. The summed E-state index contributed by atoms with van der Waals surface area (Å²) in [5.41, 5.74) is 2.87. The first-order chi connectivity index (χ1) is 13.7. The van der Waals surface area contributed by atoms with E-state index in [2.05, 4.69) is 50.4 Å². The first-order valence-corrected chi connectivity index (χ1v) is 12.1. The van der Waals surface area contributed by atoms with Crippen LogP contribution in [-0.4, -0.2) is 27.1 Å². The van der Waals surface area contributed by atoms with Crippen LogP contribution in [0.15, 0.2) is 53.4 Å². The number of quaternary nitrogens is 1. The molecule has 0 saturated carbocycles. The summed E-state index contributed by atoms with van der Waals surface area (Å²) in [4.78, 5) is 12.6. The molecule has 0 fully saturated rings. The lowest BCUT2D eigenvalue weighted by Gasteiger charge is -2.20. The van der Waals surface area contributed by atoms with E-state index in [4.69, 9.17) is 0 Å². The van der Waals surface area contributed by atoms with Gasteiger partial charge in [0.05, 0.1) is 10.6 Å². The fraction of sp³-hybridized carbons (Fsp3) is 0.435. The maximum Gasteiger partial charge on any atom is 0.279 e. The molecule has 6 heteroatoms. The Balaban J connectivity index is 2.03. The molecule has 0 bridgehead atoms. The van der Waals surface area contributed by atoms with Crippen molar-refractivity contribution in [2.24, 2.45) is 5.92 Å². The highest BCUT2D eigenvalue weighted by atomic mass is 32.2. The van der Waals surface area contributed by atoms with Gasteiger partial charge in [0.15, 0.2) is 16.4 Å². The normalized spacial score (nSPS) is 12.7.